The number of ether oxygens (including phenoxy) is 1. The van der Waals surface area contributed by atoms with Crippen LogP contribution in [-0.2, 0) is 16.1 Å². The first kappa shape index (κ1) is 17.5. The molecule has 0 spiro atoms. The number of para-hydroxylation sites is 1. The molecule has 0 radical (unpaired) electrons. The van der Waals surface area contributed by atoms with E-state index in [2.05, 4.69) is 4.98 Å². The number of esters is 1. The summed E-state index contributed by atoms with van der Waals surface area (Å²) in [6.07, 6.45) is 1.30. The van der Waals surface area contributed by atoms with Crippen LogP contribution in [0.5, 0.6) is 0 Å². The standard InChI is InChI=1S/C20H18N2O4/c1-13-7-8-15(9-14(13)2)18(23)11-26-19(24)10-22-12-21-17-6-4-3-5-16(17)20(22)25/h3-9,12H,10-11H2,1-2H3. The zero-order valence-electron chi connectivity index (χ0n) is 14.6. The molecule has 0 aliphatic heterocycles. The molecule has 132 valence electrons. The van der Waals surface area contributed by atoms with Crippen molar-refractivity contribution in [2.24, 2.45) is 0 Å². The Balaban J connectivity index is 1.66. The van der Waals surface area contributed by atoms with Crippen molar-refractivity contribution in [2.45, 2.75) is 20.4 Å². The quantitative estimate of drug-likeness (QED) is 0.522. The highest BCUT2D eigenvalue weighted by Crippen LogP contribution is 2.10. The molecule has 6 nitrogen and oxygen atoms in total. The van der Waals surface area contributed by atoms with Crippen molar-refractivity contribution in [3.05, 3.63) is 75.8 Å². The number of nitrogens with zero attached hydrogens (tertiary/aromatic N) is 2. The number of carbonyl (C=O) groups is 2. The summed E-state index contributed by atoms with van der Waals surface area (Å²) in [4.78, 5) is 40.6. The summed E-state index contributed by atoms with van der Waals surface area (Å²) >= 11 is 0. The van der Waals surface area contributed by atoms with Gasteiger partial charge in [0.2, 0.25) is 0 Å². The molecule has 26 heavy (non-hydrogen) atoms. The molecule has 3 aromatic rings. The van der Waals surface area contributed by atoms with Crippen LogP contribution in [0.15, 0.2) is 53.6 Å². The number of fused-ring (bicyclic) bond motifs is 1. The maximum Gasteiger partial charge on any atom is 0.326 e. The first-order chi connectivity index (χ1) is 12.5. The smallest absolute Gasteiger partial charge is 0.326 e. The fourth-order valence-electron chi connectivity index (χ4n) is 2.55. The Bertz CT molecular complexity index is 1050. The normalized spacial score (nSPS) is 10.7. The Kier molecular flexibility index (Phi) is 4.93. The van der Waals surface area contributed by atoms with E-state index < -0.39 is 5.97 Å². The fourth-order valence-corrected chi connectivity index (χ4v) is 2.55. The maximum absolute atomic E-state index is 12.3. The third kappa shape index (κ3) is 3.69. The minimum absolute atomic E-state index is 0.287. The topological polar surface area (TPSA) is 78.3 Å². The van der Waals surface area contributed by atoms with Gasteiger partial charge in [0, 0.05) is 5.56 Å². The molecule has 1 aromatic heterocycles. The van der Waals surface area contributed by atoms with Gasteiger partial charge < -0.3 is 4.74 Å². The number of rotatable bonds is 5. The molecule has 0 saturated carbocycles. The Labute approximate surface area is 150 Å². The Morgan fingerprint density at radius 3 is 2.62 bits per heavy atom. The predicted molar refractivity (Wildman–Crippen MR) is 97.2 cm³/mol. The van der Waals surface area contributed by atoms with E-state index in [1.807, 2.05) is 19.9 Å². The second-order valence-electron chi connectivity index (χ2n) is 6.08. The lowest BCUT2D eigenvalue weighted by molar-refractivity contribution is -0.143. The highest BCUT2D eigenvalue weighted by molar-refractivity contribution is 5.98. The van der Waals surface area contributed by atoms with Gasteiger partial charge >= 0.3 is 5.97 Å². The molecule has 0 fully saturated rings. The number of Topliss-reactive ketones (excluding diaryl/α,β-unsaturated/α-hetero) is 1. The molecule has 0 bridgehead atoms. The molecule has 6 heteroatoms. The third-order valence-electron chi connectivity index (χ3n) is 4.22. The van der Waals surface area contributed by atoms with Crippen LogP contribution in [0, 0.1) is 13.8 Å². The average Bonchev–Trinajstić information content (AvgIpc) is 2.64. The van der Waals surface area contributed by atoms with E-state index in [4.69, 9.17) is 4.74 Å². The van der Waals surface area contributed by atoms with E-state index in [0.29, 0.717) is 16.5 Å². The second kappa shape index (κ2) is 7.31. The van der Waals surface area contributed by atoms with Crippen molar-refractivity contribution in [3.63, 3.8) is 0 Å². The molecule has 0 N–H and O–H groups in total. The van der Waals surface area contributed by atoms with Gasteiger partial charge in [-0.05, 0) is 43.2 Å². The summed E-state index contributed by atoms with van der Waals surface area (Å²) in [6.45, 7) is 3.21. The summed E-state index contributed by atoms with van der Waals surface area (Å²) in [5.41, 5.74) is 2.81. The van der Waals surface area contributed by atoms with Gasteiger partial charge in [0.15, 0.2) is 12.4 Å². The average molecular weight is 350 g/mol. The van der Waals surface area contributed by atoms with Crippen LogP contribution in [-0.4, -0.2) is 27.9 Å². The minimum atomic E-state index is -0.665. The van der Waals surface area contributed by atoms with Gasteiger partial charge in [-0.1, -0.05) is 24.3 Å². The van der Waals surface area contributed by atoms with Crippen LogP contribution in [0.1, 0.15) is 21.5 Å². The largest absolute Gasteiger partial charge is 0.456 e. The summed E-state index contributed by atoms with van der Waals surface area (Å²) in [5, 5.41) is 0.425. The second-order valence-corrected chi connectivity index (χ2v) is 6.08. The summed E-state index contributed by atoms with van der Waals surface area (Å²) < 4.78 is 6.20. The van der Waals surface area contributed by atoms with E-state index in [1.165, 1.54) is 10.9 Å². The van der Waals surface area contributed by atoms with Crippen LogP contribution < -0.4 is 5.56 Å². The molecule has 0 unspecified atom stereocenters. The van der Waals surface area contributed by atoms with Crippen LogP contribution in [0.2, 0.25) is 0 Å². The molecule has 0 amide bonds. The lowest BCUT2D eigenvalue weighted by Gasteiger charge is -2.08. The Morgan fingerprint density at radius 1 is 1.08 bits per heavy atom. The van der Waals surface area contributed by atoms with Crippen LogP contribution in [0.3, 0.4) is 0 Å². The first-order valence-electron chi connectivity index (χ1n) is 8.16. The van der Waals surface area contributed by atoms with Gasteiger partial charge in [-0.25, -0.2) is 4.98 Å². The zero-order chi connectivity index (χ0) is 18.7. The Morgan fingerprint density at radius 2 is 1.85 bits per heavy atom. The number of hydrogen-bond donors (Lipinski definition) is 0. The van der Waals surface area contributed by atoms with Crippen LogP contribution in [0.4, 0.5) is 0 Å². The monoisotopic (exact) mass is 350 g/mol. The van der Waals surface area contributed by atoms with E-state index in [9.17, 15) is 14.4 Å². The molecule has 1 heterocycles. The number of aromatic nitrogens is 2. The van der Waals surface area contributed by atoms with Crippen molar-refractivity contribution < 1.29 is 14.3 Å². The van der Waals surface area contributed by atoms with Crippen molar-refractivity contribution in [2.75, 3.05) is 6.61 Å². The number of hydrogen-bond acceptors (Lipinski definition) is 5. The fraction of sp³-hybridized carbons (Fsp3) is 0.200. The molecule has 0 aliphatic carbocycles. The van der Waals surface area contributed by atoms with Crippen molar-refractivity contribution in [1.82, 2.24) is 9.55 Å². The predicted octanol–water partition coefficient (Wildman–Crippen LogP) is 2.44. The number of carbonyl (C=O) groups excluding carboxylic acids is 2. The lowest BCUT2D eigenvalue weighted by atomic mass is 10.0. The van der Waals surface area contributed by atoms with Crippen molar-refractivity contribution >= 4 is 22.7 Å². The Hall–Kier alpha value is -3.28. The van der Waals surface area contributed by atoms with E-state index in [1.54, 1.807) is 36.4 Å². The van der Waals surface area contributed by atoms with E-state index in [-0.39, 0.29) is 24.5 Å². The molecule has 3 rings (SSSR count). The van der Waals surface area contributed by atoms with Gasteiger partial charge in [0.25, 0.3) is 5.56 Å². The number of aryl methyl sites for hydroxylation is 2. The van der Waals surface area contributed by atoms with Crippen LogP contribution >= 0.6 is 0 Å². The maximum atomic E-state index is 12.3. The SMILES string of the molecule is Cc1ccc(C(=O)COC(=O)Cn2cnc3ccccc3c2=O)cc1C. The summed E-state index contributed by atoms with van der Waals surface area (Å²) in [6, 6.07) is 12.2. The number of benzene rings is 2. The van der Waals surface area contributed by atoms with Crippen molar-refractivity contribution in [3.8, 4) is 0 Å². The van der Waals surface area contributed by atoms with Crippen LogP contribution in [0.25, 0.3) is 10.9 Å². The van der Waals surface area contributed by atoms with Gasteiger partial charge in [-0.3, -0.25) is 19.0 Å². The van der Waals surface area contributed by atoms with Crippen molar-refractivity contribution in [1.29, 1.82) is 0 Å². The molecule has 0 saturated heterocycles. The molecular formula is C20H18N2O4. The van der Waals surface area contributed by atoms with Gasteiger partial charge in [0.1, 0.15) is 6.54 Å². The minimum Gasteiger partial charge on any atom is -0.456 e. The lowest BCUT2D eigenvalue weighted by Crippen LogP contribution is -2.26. The highest BCUT2D eigenvalue weighted by atomic mass is 16.5. The highest BCUT2D eigenvalue weighted by Gasteiger charge is 2.13. The van der Waals surface area contributed by atoms with Gasteiger partial charge in [-0.15, -0.1) is 0 Å². The summed E-state index contributed by atoms with van der Waals surface area (Å²) in [7, 11) is 0. The summed E-state index contributed by atoms with van der Waals surface area (Å²) in [5.74, 6) is -0.952. The molecule has 0 atom stereocenters. The molecular weight excluding hydrogens is 332 g/mol. The van der Waals surface area contributed by atoms with E-state index >= 15 is 0 Å². The number of ketones is 1. The first-order valence-corrected chi connectivity index (χ1v) is 8.16. The van der Waals surface area contributed by atoms with E-state index in [0.717, 1.165) is 11.1 Å². The van der Waals surface area contributed by atoms with Gasteiger partial charge in [-0.2, -0.15) is 0 Å². The van der Waals surface area contributed by atoms with Gasteiger partial charge in [0.05, 0.1) is 17.2 Å². The molecule has 0 aliphatic rings. The zero-order valence-corrected chi connectivity index (χ0v) is 14.6. The molecule has 2 aromatic carbocycles. The third-order valence-corrected chi connectivity index (χ3v) is 4.22.